The highest BCUT2D eigenvalue weighted by molar-refractivity contribution is 5.77. The number of carbonyl (C=O) groups excluding carboxylic acids is 1. The highest BCUT2D eigenvalue weighted by Crippen LogP contribution is 2.14. The largest absolute Gasteiger partial charge is 0.363 e. The Balaban J connectivity index is 1.51. The molecule has 2 heterocycles. The van der Waals surface area contributed by atoms with Crippen LogP contribution in [0, 0.1) is 0 Å². The molecule has 0 radical (unpaired) electrons. The summed E-state index contributed by atoms with van der Waals surface area (Å²) in [6.45, 7) is 9.91. The van der Waals surface area contributed by atoms with Gasteiger partial charge in [0.05, 0.1) is 5.60 Å². The molecule has 0 atom stereocenters. The van der Waals surface area contributed by atoms with Gasteiger partial charge in [-0.3, -0.25) is 9.69 Å². The Morgan fingerprint density at radius 1 is 1.32 bits per heavy atom. The third-order valence-electron chi connectivity index (χ3n) is 3.90. The second-order valence-electron chi connectivity index (χ2n) is 5.84. The third-order valence-corrected chi connectivity index (χ3v) is 3.90. The van der Waals surface area contributed by atoms with Gasteiger partial charge in [-0.15, -0.1) is 0 Å². The van der Waals surface area contributed by atoms with Crippen LogP contribution in [-0.2, 0) is 9.53 Å². The van der Waals surface area contributed by atoms with Crippen LogP contribution < -0.4 is 10.6 Å². The van der Waals surface area contributed by atoms with E-state index in [4.69, 9.17) is 4.74 Å². The van der Waals surface area contributed by atoms with Crippen molar-refractivity contribution in [3.8, 4) is 0 Å². The Bertz CT molecular complexity index is 299. The van der Waals surface area contributed by atoms with Crippen molar-refractivity contribution in [3.05, 3.63) is 0 Å². The highest BCUT2D eigenvalue weighted by Gasteiger charge is 2.32. The van der Waals surface area contributed by atoms with Crippen molar-refractivity contribution < 1.29 is 9.53 Å². The van der Waals surface area contributed by atoms with Crippen molar-refractivity contribution in [1.82, 2.24) is 20.4 Å². The second kappa shape index (κ2) is 6.65. The average Bonchev–Trinajstić information content (AvgIpc) is 2.36. The number of amides is 1. The topological polar surface area (TPSA) is 56.8 Å². The fraction of sp³-hybridized carbons (Fsp3) is 0.923. The van der Waals surface area contributed by atoms with Gasteiger partial charge in [0.15, 0.2) is 0 Å². The molecule has 0 bridgehead atoms. The lowest BCUT2D eigenvalue weighted by atomic mass is 10.0. The number of carbonyl (C=O) groups is 1. The summed E-state index contributed by atoms with van der Waals surface area (Å²) in [5.41, 5.74) is -0.144. The lowest BCUT2D eigenvalue weighted by Gasteiger charge is -2.38. The van der Waals surface area contributed by atoms with E-state index < -0.39 is 0 Å². The maximum Gasteiger partial charge on any atom is 0.246 e. The van der Waals surface area contributed by atoms with E-state index in [1.54, 1.807) is 0 Å². The van der Waals surface area contributed by atoms with Crippen molar-refractivity contribution in [2.24, 2.45) is 0 Å². The van der Waals surface area contributed by atoms with E-state index >= 15 is 0 Å². The summed E-state index contributed by atoms with van der Waals surface area (Å²) in [5.74, 6) is -0.0118. The zero-order chi connectivity index (χ0) is 13.7. The van der Waals surface area contributed by atoms with Crippen molar-refractivity contribution in [2.45, 2.75) is 12.5 Å². The first kappa shape index (κ1) is 14.7. The molecule has 2 fully saturated rings. The molecular formula is C13H26N4O2. The van der Waals surface area contributed by atoms with Crippen LogP contribution >= 0.6 is 0 Å². The number of likely N-dealkylation sites (N-methyl/N-ethyl adjacent to an activating group) is 1. The molecule has 2 N–H and O–H groups in total. The summed E-state index contributed by atoms with van der Waals surface area (Å²) >= 11 is 0. The highest BCUT2D eigenvalue weighted by atomic mass is 16.5. The second-order valence-corrected chi connectivity index (χ2v) is 5.84. The molecular weight excluding hydrogens is 244 g/mol. The van der Waals surface area contributed by atoms with E-state index in [1.165, 1.54) is 0 Å². The summed E-state index contributed by atoms with van der Waals surface area (Å²) in [7, 11) is 2.15. The molecule has 2 aliphatic heterocycles. The molecule has 0 aromatic carbocycles. The van der Waals surface area contributed by atoms with E-state index in [2.05, 4.69) is 27.5 Å². The molecule has 6 nitrogen and oxygen atoms in total. The zero-order valence-corrected chi connectivity index (χ0v) is 12.1. The summed E-state index contributed by atoms with van der Waals surface area (Å²) in [6.07, 6.45) is 0. The standard InChI is InChI=1S/C13H26N4O2/c1-13(10-14-11-13)19-9-12(18)15-3-4-17-7-5-16(2)6-8-17/h14H,3-11H2,1-2H3,(H,15,18). The Morgan fingerprint density at radius 3 is 2.58 bits per heavy atom. The Hall–Kier alpha value is -0.690. The molecule has 110 valence electrons. The van der Waals surface area contributed by atoms with Crippen LogP contribution in [0.2, 0.25) is 0 Å². The molecule has 1 amide bonds. The molecule has 2 aliphatic rings. The lowest BCUT2D eigenvalue weighted by molar-refractivity contribution is -0.135. The summed E-state index contributed by atoms with van der Waals surface area (Å²) in [5, 5.41) is 6.07. The van der Waals surface area contributed by atoms with Crippen LogP contribution in [0.4, 0.5) is 0 Å². The summed E-state index contributed by atoms with van der Waals surface area (Å²) in [4.78, 5) is 16.4. The van der Waals surface area contributed by atoms with Gasteiger partial charge in [-0.1, -0.05) is 0 Å². The first-order valence-corrected chi connectivity index (χ1v) is 7.10. The number of nitrogens with zero attached hydrogens (tertiary/aromatic N) is 2. The molecule has 0 aromatic heterocycles. The third kappa shape index (κ3) is 4.72. The first-order chi connectivity index (χ1) is 9.07. The molecule has 0 unspecified atom stereocenters. The maximum absolute atomic E-state index is 11.6. The predicted octanol–water partition coefficient (Wildman–Crippen LogP) is -1.27. The van der Waals surface area contributed by atoms with Gasteiger partial charge in [-0.25, -0.2) is 0 Å². The van der Waals surface area contributed by atoms with Gasteiger partial charge < -0.3 is 20.3 Å². The zero-order valence-electron chi connectivity index (χ0n) is 12.1. The van der Waals surface area contributed by atoms with Gasteiger partial charge in [0.1, 0.15) is 6.61 Å². The van der Waals surface area contributed by atoms with Crippen LogP contribution in [0.15, 0.2) is 0 Å². The van der Waals surface area contributed by atoms with E-state index in [1.807, 2.05) is 6.92 Å². The van der Waals surface area contributed by atoms with Gasteiger partial charge in [0.2, 0.25) is 5.91 Å². The minimum Gasteiger partial charge on any atom is -0.363 e. The van der Waals surface area contributed by atoms with Crippen LogP contribution in [0.25, 0.3) is 0 Å². The van der Waals surface area contributed by atoms with Crippen LogP contribution in [0.1, 0.15) is 6.92 Å². The van der Waals surface area contributed by atoms with E-state index in [-0.39, 0.29) is 18.1 Å². The molecule has 19 heavy (non-hydrogen) atoms. The molecule has 2 rings (SSSR count). The Kier molecular flexibility index (Phi) is 5.15. The monoisotopic (exact) mass is 270 g/mol. The molecule has 0 saturated carbocycles. The molecule has 6 heteroatoms. The number of rotatable bonds is 6. The van der Waals surface area contributed by atoms with Crippen molar-refractivity contribution in [1.29, 1.82) is 0 Å². The maximum atomic E-state index is 11.6. The fourth-order valence-corrected chi connectivity index (χ4v) is 2.29. The number of hydrogen-bond acceptors (Lipinski definition) is 5. The fourth-order valence-electron chi connectivity index (χ4n) is 2.29. The smallest absolute Gasteiger partial charge is 0.246 e. The Labute approximate surface area is 115 Å². The minimum absolute atomic E-state index is 0.0118. The first-order valence-electron chi connectivity index (χ1n) is 7.10. The number of ether oxygens (including phenoxy) is 1. The molecule has 0 spiro atoms. The quantitative estimate of drug-likeness (QED) is 0.630. The molecule has 2 saturated heterocycles. The number of piperazine rings is 1. The predicted molar refractivity (Wildman–Crippen MR) is 74.2 cm³/mol. The van der Waals surface area contributed by atoms with Crippen LogP contribution in [0.3, 0.4) is 0 Å². The van der Waals surface area contributed by atoms with Crippen molar-refractivity contribution >= 4 is 5.91 Å². The van der Waals surface area contributed by atoms with E-state index in [0.29, 0.717) is 6.54 Å². The SMILES string of the molecule is CN1CCN(CCNC(=O)COC2(C)CNC2)CC1. The van der Waals surface area contributed by atoms with Crippen LogP contribution in [0.5, 0.6) is 0 Å². The van der Waals surface area contributed by atoms with Gasteiger partial charge in [0.25, 0.3) is 0 Å². The minimum atomic E-state index is -0.144. The lowest BCUT2D eigenvalue weighted by Crippen LogP contribution is -2.59. The molecule has 0 aromatic rings. The summed E-state index contributed by atoms with van der Waals surface area (Å²) in [6, 6.07) is 0. The van der Waals surface area contributed by atoms with Gasteiger partial charge in [0, 0.05) is 52.4 Å². The summed E-state index contributed by atoms with van der Waals surface area (Å²) < 4.78 is 5.59. The number of nitrogens with one attached hydrogen (secondary N) is 2. The average molecular weight is 270 g/mol. The van der Waals surface area contributed by atoms with Gasteiger partial charge in [-0.2, -0.15) is 0 Å². The Morgan fingerprint density at radius 2 is 2.00 bits per heavy atom. The van der Waals surface area contributed by atoms with Crippen molar-refractivity contribution in [2.75, 3.05) is 66.0 Å². The van der Waals surface area contributed by atoms with Crippen molar-refractivity contribution in [3.63, 3.8) is 0 Å². The van der Waals surface area contributed by atoms with E-state index in [0.717, 1.165) is 45.8 Å². The van der Waals surface area contributed by atoms with Gasteiger partial charge >= 0.3 is 0 Å². The normalized spacial score (nSPS) is 23.9. The molecule has 0 aliphatic carbocycles. The number of hydrogen-bond donors (Lipinski definition) is 2. The van der Waals surface area contributed by atoms with Gasteiger partial charge in [-0.05, 0) is 14.0 Å². The van der Waals surface area contributed by atoms with E-state index in [9.17, 15) is 4.79 Å². The van der Waals surface area contributed by atoms with Crippen LogP contribution in [-0.4, -0.2) is 87.3 Å².